The van der Waals surface area contributed by atoms with Crippen molar-refractivity contribution in [3.05, 3.63) is 83.1 Å². The highest BCUT2D eigenvalue weighted by atomic mass is 19.4. The molecule has 40 heavy (non-hydrogen) atoms. The van der Waals surface area contributed by atoms with Crippen LogP contribution < -0.4 is 11.2 Å². The van der Waals surface area contributed by atoms with Gasteiger partial charge in [-0.1, -0.05) is 0 Å². The molecule has 4 aliphatic heterocycles. The van der Waals surface area contributed by atoms with Crippen LogP contribution in [-0.2, 0) is 11.0 Å². The van der Waals surface area contributed by atoms with Gasteiger partial charge >= 0.3 is 6.18 Å². The second-order valence-electron chi connectivity index (χ2n) is 10.2. The smallest absolute Gasteiger partial charge is 0.383 e. The van der Waals surface area contributed by atoms with E-state index >= 15 is 0 Å². The van der Waals surface area contributed by atoms with Gasteiger partial charge in [0.15, 0.2) is 0 Å². The second kappa shape index (κ2) is 9.47. The average Bonchev–Trinajstić information content (AvgIpc) is 3.40. The molecule has 0 spiro atoms. The Morgan fingerprint density at radius 2 is 1.95 bits per heavy atom. The van der Waals surface area contributed by atoms with Gasteiger partial charge in [-0.15, -0.1) is 4.59 Å². The molecule has 206 valence electrons. The third-order valence-corrected chi connectivity index (χ3v) is 7.71. The third-order valence-electron chi connectivity index (χ3n) is 7.71. The number of aliphatic imine (C=N–C) groups is 2. The molecule has 1 unspecified atom stereocenters. The van der Waals surface area contributed by atoms with Crippen molar-refractivity contribution in [3.63, 3.8) is 0 Å². The number of hydrogen-bond donors (Lipinski definition) is 3. The van der Waals surface area contributed by atoms with E-state index in [9.17, 15) is 27.9 Å². The maximum absolute atomic E-state index is 13.0. The number of nitrogens with one attached hydrogen (secondary N) is 1. The number of allylic oxidation sites excluding steroid dienone is 1. The van der Waals surface area contributed by atoms with E-state index in [0.29, 0.717) is 30.1 Å². The molecule has 2 aromatic rings. The number of quaternary nitrogens is 1. The number of aliphatic hydroxyl groups excluding tert-OH is 1. The van der Waals surface area contributed by atoms with Crippen molar-refractivity contribution in [2.75, 3.05) is 11.9 Å². The highest BCUT2D eigenvalue weighted by Gasteiger charge is 2.49. The standard InChI is InChI=1S/C27H24F3N7O3/c28-27(29,30)18-7-8-33-22(11-18)34-25(39)16-3-1-15(2-4-16)24-35-23(20-13-32-9-10-37(20,24)31)17-5-6-19-12-21(38)26(40)36(19)14-17/h1-4,7-11,13,17,19,21,38H,5-6,12,14,31H2/p+1/t17-,19+,21+,37?/m1/s1. The number of alkyl halides is 3. The zero-order valence-electron chi connectivity index (χ0n) is 21.0. The van der Waals surface area contributed by atoms with Gasteiger partial charge in [0.25, 0.3) is 17.6 Å². The number of anilines is 1. The van der Waals surface area contributed by atoms with Crippen LogP contribution >= 0.6 is 0 Å². The van der Waals surface area contributed by atoms with Gasteiger partial charge in [0.05, 0.1) is 23.5 Å². The van der Waals surface area contributed by atoms with Crippen LogP contribution in [0.4, 0.5) is 19.0 Å². The third kappa shape index (κ3) is 4.41. The molecular weight excluding hydrogens is 527 g/mol. The topological polar surface area (TPSA) is 133 Å². The van der Waals surface area contributed by atoms with Crippen LogP contribution in [0.15, 0.2) is 76.4 Å². The molecule has 6 rings (SSSR count). The van der Waals surface area contributed by atoms with Gasteiger partial charge in [0.1, 0.15) is 23.8 Å². The molecule has 0 radical (unpaired) electrons. The van der Waals surface area contributed by atoms with Gasteiger partial charge in [-0.05, 0) is 49.2 Å². The lowest BCUT2D eigenvalue weighted by molar-refractivity contribution is -0.750. The van der Waals surface area contributed by atoms with Crippen molar-refractivity contribution in [2.24, 2.45) is 21.7 Å². The van der Waals surface area contributed by atoms with Crippen molar-refractivity contribution >= 4 is 29.7 Å². The number of aliphatic hydroxyl groups is 1. The summed E-state index contributed by atoms with van der Waals surface area (Å²) in [5.74, 6) is 6.11. The molecule has 4 aliphatic rings. The van der Waals surface area contributed by atoms with Crippen LogP contribution in [-0.4, -0.2) is 62.1 Å². The van der Waals surface area contributed by atoms with Crippen molar-refractivity contribution in [2.45, 2.75) is 37.6 Å². The first-order valence-electron chi connectivity index (χ1n) is 12.7. The van der Waals surface area contributed by atoms with E-state index in [4.69, 9.17) is 10.8 Å². The number of hydrogen-bond acceptors (Lipinski definition) is 7. The number of amidine groups is 1. The molecule has 4 N–H and O–H groups in total. The zero-order valence-corrected chi connectivity index (χ0v) is 21.0. The van der Waals surface area contributed by atoms with Crippen LogP contribution in [0.25, 0.3) is 0 Å². The number of nitrogens with two attached hydrogens (primary N) is 1. The lowest BCUT2D eigenvalue weighted by Crippen LogP contribution is -2.53. The van der Waals surface area contributed by atoms with E-state index in [1.54, 1.807) is 35.6 Å². The molecule has 1 aromatic carbocycles. The Labute approximate surface area is 226 Å². The molecule has 2 amide bonds. The van der Waals surface area contributed by atoms with Crippen LogP contribution in [0, 0.1) is 5.92 Å². The van der Waals surface area contributed by atoms with Gasteiger partial charge in [0.2, 0.25) is 5.70 Å². The number of carbonyl (C=O) groups is 2. The molecule has 13 heteroatoms. The SMILES string of the molecule is N[N+]12C=CN=CC1=C([C@@H]1CC[C@H]3C[C@H](O)C(=O)N3C1)N=C2c1ccc(C(=O)Nc2cc(C(F)(F)F)ccn2)cc1. The summed E-state index contributed by atoms with van der Waals surface area (Å²) in [5, 5.41) is 12.4. The van der Waals surface area contributed by atoms with Gasteiger partial charge < -0.3 is 15.3 Å². The number of carbonyl (C=O) groups excluding carboxylic acids is 2. The number of piperidine rings is 1. The summed E-state index contributed by atoms with van der Waals surface area (Å²) in [6.45, 7) is 0.427. The maximum atomic E-state index is 13.0. The minimum absolute atomic E-state index is 0.0241. The van der Waals surface area contributed by atoms with Crippen LogP contribution in [0.2, 0.25) is 0 Å². The van der Waals surface area contributed by atoms with Crippen LogP contribution in [0.1, 0.15) is 40.7 Å². The van der Waals surface area contributed by atoms with E-state index < -0.39 is 23.8 Å². The van der Waals surface area contributed by atoms with E-state index in [1.807, 2.05) is 0 Å². The zero-order chi connectivity index (χ0) is 28.2. The average molecular weight is 553 g/mol. The fourth-order valence-corrected chi connectivity index (χ4v) is 5.66. The molecular formula is C27H25F3N7O3+. The first kappa shape index (κ1) is 26.0. The van der Waals surface area contributed by atoms with Gasteiger partial charge in [0, 0.05) is 36.7 Å². The summed E-state index contributed by atoms with van der Waals surface area (Å²) >= 11 is 0. The second-order valence-corrected chi connectivity index (χ2v) is 10.2. The van der Waals surface area contributed by atoms with Crippen molar-refractivity contribution in [1.29, 1.82) is 0 Å². The Bertz CT molecular complexity index is 1520. The molecule has 10 nitrogen and oxygen atoms in total. The molecule has 5 heterocycles. The van der Waals surface area contributed by atoms with E-state index in [2.05, 4.69) is 15.3 Å². The number of benzene rings is 1. The Kier molecular flexibility index (Phi) is 6.16. The predicted octanol–water partition coefficient (Wildman–Crippen LogP) is 2.94. The minimum atomic E-state index is -4.56. The number of aromatic nitrogens is 1. The van der Waals surface area contributed by atoms with E-state index in [-0.39, 0.29) is 33.8 Å². The van der Waals surface area contributed by atoms with Gasteiger partial charge in [-0.25, -0.2) is 4.98 Å². The summed E-state index contributed by atoms with van der Waals surface area (Å²) in [6.07, 6.45) is 2.34. The van der Waals surface area contributed by atoms with Gasteiger partial charge in [-0.3, -0.25) is 14.6 Å². The number of rotatable bonds is 4. The molecule has 2 saturated heterocycles. The first-order valence-corrected chi connectivity index (χ1v) is 12.7. The fourth-order valence-electron chi connectivity index (χ4n) is 5.66. The Morgan fingerprint density at radius 1 is 1.18 bits per heavy atom. The highest BCUT2D eigenvalue weighted by Crippen LogP contribution is 2.40. The summed E-state index contributed by atoms with van der Waals surface area (Å²) in [5.41, 5.74) is 1.31. The van der Waals surface area contributed by atoms with E-state index in [0.717, 1.165) is 36.9 Å². The van der Waals surface area contributed by atoms with Crippen molar-refractivity contribution in [3.8, 4) is 0 Å². The number of nitrogens with zero attached hydrogens (tertiary/aromatic N) is 5. The molecule has 0 saturated carbocycles. The van der Waals surface area contributed by atoms with Crippen LogP contribution in [0.3, 0.4) is 0 Å². The quantitative estimate of drug-likeness (QED) is 0.396. The molecule has 2 fully saturated rings. The van der Waals surface area contributed by atoms with Crippen molar-refractivity contribution in [1.82, 2.24) is 9.88 Å². The molecule has 4 atom stereocenters. The van der Waals surface area contributed by atoms with E-state index in [1.165, 1.54) is 12.1 Å². The lowest BCUT2D eigenvalue weighted by atomic mass is 9.90. The molecule has 1 aromatic heterocycles. The highest BCUT2D eigenvalue weighted by molar-refractivity contribution is 6.05. The number of halogens is 3. The summed E-state index contributed by atoms with van der Waals surface area (Å²) in [6, 6.07) is 8.01. The first-order chi connectivity index (χ1) is 19.0. The number of amides is 2. The Balaban J connectivity index is 1.24. The normalized spacial score (nSPS) is 27.5. The minimum Gasteiger partial charge on any atom is -0.383 e. The largest absolute Gasteiger partial charge is 0.416 e. The Morgan fingerprint density at radius 3 is 2.70 bits per heavy atom. The maximum Gasteiger partial charge on any atom is 0.416 e. The fraction of sp³-hybridized carbons (Fsp3) is 0.296. The Hall–Kier alpha value is -4.20. The summed E-state index contributed by atoms with van der Waals surface area (Å²) in [7, 11) is 0. The summed E-state index contributed by atoms with van der Waals surface area (Å²) in [4.78, 5) is 39.9. The number of fused-ring (bicyclic) bond motifs is 2. The lowest BCUT2D eigenvalue weighted by Gasteiger charge is -2.34. The molecule has 0 bridgehead atoms. The predicted molar refractivity (Wildman–Crippen MR) is 138 cm³/mol. The monoisotopic (exact) mass is 552 g/mol. The summed E-state index contributed by atoms with van der Waals surface area (Å²) < 4.78 is 38.8. The van der Waals surface area contributed by atoms with Gasteiger partial charge in [-0.2, -0.15) is 24.0 Å². The van der Waals surface area contributed by atoms with Crippen molar-refractivity contribution < 1.29 is 32.5 Å². The molecule has 0 aliphatic carbocycles. The number of pyridine rings is 1. The van der Waals surface area contributed by atoms with Crippen LogP contribution in [0.5, 0.6) is 0 Å².